The van der Waals surface area contributed by atoms with Crippen LogP contribution in [-0.4, -0.2) is 43.3 Å². The summed E-state index contributed by atoms with van der Waals surface area (Å²) in [5.74, 6) is -13.4. The van der Waals surface area contributed by atoms with Gasteiger partial charge in [0.15, 0.2) is 0 Å². The topological polar surface area (TPSA) is 35.5 Å². The van der Waals surface area contributed by atoms with Crippen LogP contribution in [0.25, 0.3) is 0 Å². The molecular formula is C7H3F11O3. The first-order chi connectivity index (χ1) is 8.96. The lowest BCUT2D eigenvalue weighted by molar-refractivity contribution is -0.486. The van der Waals surface area contributed by atoms with Gasteiger partial charge < -0.3 is 4.74 Å². The predicted octanol–water partition coefficient (Wildman–Crippen LogP) is 3.19. The van der Waals surface area contributed by atoms with Crippen LogP contribution in [0, 0.1) is 0 Å². The van der Waals surface area contributed by atoms with E-state index in [1.165, 1.54) is 0 Å². The Hall–Kier alpha value is -1.18. The van der Waals surface area contributed by atoms with E-state index in [0.717, 1.165) is 0 Å². The second kappa shape index (κ2) is 5.23. The van der Waals surface area contributed by atoms with Crippen LogP contribution in [-0.2, 0) is 14.3 Å². The van der Waals surface area contributed by atoms with Crippen molar-refractivity contribution in [3.05, 3.63) is 0 Å². The molecule has 0 bridgehead atoms. The van der Waals surface area contributed by atoms with Gasteiger partial charge in [0.1, 0.15) is 0 Å². The molecule has 0 N–H and O–H groups in total. The molecule has 0 aromatic carbocycles. The third-order valence-corrected chi connectivity index (χ3v) is 1.87. The summed E-state index contributed by atoms with van der Waals surface area (Å²) < 4.78 is 140. The van der Waals surface area contributed by atoms with Gasteiger partial charge in [0, 0.05) is 7.11 Å². The largest absolute Gasteiger partial charge is 0.459 e. The Kier molecular flexibility index (Phi) is 4.93. The summed E-state index contributed by atoms with van der Waals surface area (Å²) in [6.07, 6.45) is -20.0. The lowest BCUT2D eigenvalue weighted by atomic mass is 10.2. The average Bonchev–Trinajstić information content (AvgIpc) is 2.25. The van der Waals surface area contributed by atoms with Crippen molar-refractivity contribution < 1.29 is 62.6 Å². The maximum atomic E-state index is 12.8. The smallest absolute Gasteiger partial charge is 0.319 e. The molecule has 0 saturated heterocycles. The molecule has 14 heteroatoms. The summed E-state index contributed by atoms with van der Waals surface area (Å²) in [6, 6.07) is -4.30. The van der Waals surface area contributed by atoms with Crippen molar-refractivity contribution in [2.75, 3.05) is 7.11 Å². The van der Waals surface area contributed by atoms with Crippen molar-refractivity contribution in [3.63, 3.8) is 0 Å². The second-order valence-corrected chi connectivity index (χ2v) is 3.28. The van der Waals surface area contributed by atoms with Crippen LogP contribution in [0.3, 0.4) is 0 Å². The van der Waals surface area contributed by atoms with Gasteiger partial charge in [0.25, 0.3) is 0 Å². The molecule has 3 nitrogen and oxygen atoms in total. The highest BCUT2D eigenvalue weighted by atomic mass is 19.4. The van der Waals surface area contributed by atoms with E-state index < -0.39 is 36.2 Å². The number of rotatable bonds is 6. The number of methoxy groups -OCH3 is 1. The van der Waals surface area contributed by atoms with Crippen molar-refractivity contribution >= 4 is 6.04 Å². The first kappa shape index (κ1) is 19.8. The molecule has 21 heavy (non-hydrogen) atoms. The van der Waals surface area contributed by atoms with E-state index in [4.69, 9.17) is 0 Å². The quantitative estimate of drug-likeness (QED) is 0.548. The zero-order chi connectivity index (χ0) is 17.5. The van der Waals surface area contributed by atoms with Crippen molar-refractivity contribution in [2.24, 2.45) is 0 Å². The van der Waals surface area contributed by atoms with Gasteiger partial charge >= 0.3 is 36.2 Å². The molecule has 0 rings (SSSR count). The van der Waals surface area contributed by atoms with Crippen LogP contribution in [0.2, 0.25) is 0 Å². The van der Waals surface area contributed by atoms with Crippen LogP contribution in [0.5, 0.6) is 0 Å². The van der Waals surface area contributed by atoms with Crippen molar-refractivity contribution in [1.82, 2.24) is 0 Å². The number of halogens is 11. The molecule has 0 aliphatic carbocycles. The van der Waals surface area contributed by atoms with Crippen molar-refractivity contribution in [1.29, 1.82) is 0 Å². The van der Waals surface area contributed by atoms with Gasteiger partial charge in [-0.2, -0.15) is 48.3 Å². The third kappa shape index (κ3) is 3.20. The van der Waals surface area contributed by atoms with Gasteiger partial charge in [-0.25, -0.2) is 0 Å². The number of hydrogen-bond acceptors (Lipinski definition) is 3. The molecule has 0 aromatic heterocycles. The number of carbonyl (C=O) groups is 1. The Morgan fingerprint density at radius 1 is 0.810 bits per heavy atom. The number of hydrogen-bond donors (Lipinski definition) is 0. The molecule has 0 fully saturated rings. The van der Waals surface area contributed by atoms with Gasteiger partial charge in [-0.05, 0) is 0 Å². The normalized spacial score (nSPS) is 17.5. The molecule has 126 valence electrons. The fourth-order valence-electron chi connectivity index (χ4n) is 0.748. The standard InChI is InChI=1S/C7H3F11O3/c1-20-6(15,16)4(10,11)7(17,18)21-3(9,2(8)19)5(12,13)14/h1H3. The molecule has 1 unspecified atom stereocenters. The monoisotopic (exact) mass is 344 g/mol. The lowest BCUT2D eigenvalue weighted by Gasteiger charge is -2.34. The van der Waals surface area contributed by atoms with E-state index in [1.807, 2.05) is 0 Å². The average molecular weight is 344 g/mol. The van der Waals surface area contributed by atoms with E-state index in [9.17, 15) is 53.1 Å². The Morgan fingerprint density at radius 3 is 1.43 bits per heavy atom. The van der Waals surface area contributed by atoms with Gasteiger partial charge in [0.05, 0.1) is 0 Å². The summed E-state index contributed by atoms with van der Waals surface area (Å²) >= 11 is 0. The molecule has 0 aliphatic heterocycles. The minimum absolute atomic E-state index is 0.239. The van der Waals surface area contributed by atoms with Crippen LogP contribution < -0.4 is 0 Å². The van der Waals surface area contributed by atoms with Crippen LogP contribution in [0.15, 0.2) is 0 Å². The summed E-state index contributed by atoms with van der Waals surface area (Å²) in [5.41, 5.74) is 0. The predicted molar refractivity (Wildman–Crippen MR) is 38.9 cm³/mol. The number of alkyl halides is 10. The highest BCUT2D eigenvalue weighted by molar-refractivity contribution is 5.77. The van der Waals surface area contributed by atoms with Gasteiger partial charge in [0.2, 0.25) is 0 Å². The van der Waals surface area contributed by atoms with E-state index in [-0.39, 0.29) is 7.11 Å². The number of ether oxygens (including phenoxy) is 2. The maximum Gasteiger partial charge on any atom is 0.459 e. The molecule has 0 radical (unpaired) electrons. The summed E-state index contributed by atoms with van der Waals surface area (Å²) in [5, 5.41) is 0. The fourth-order valence-corrected chi connectivity index (χ4v) is 0.748. The Bertz CT molecular complexity index is 403. The van der Waals surface area contributed by atoms with Crippen molar-refractivity contribution in [3.8, 4) is 0 Å². The van der Waals surface area contributed by atoms with Crippen LogP contribution in [0.1, 0.15) is 0 Å². The molecular weight excluding hydrogens is 341 g/mol. The Morgan fingerprint density at radius 2 is 1.19 bits per heavy atom. The molecule has 0 aromatic rings. The van der Waals surface area contributed by atoms with E-state index >= 15 is 0 Å². The summed E-state index contributed by atoms with van der Waals surface area (Å²) in [4.78, 5) is 9.75. The molecule has 0 amide bonds. The van der Waals surface area contributed by atoms with E-state index in [2.05, 4.69) is 4.74 Å². The zero-order valence-electron chi connectivity index (χ0n) is 9.38. The molecule has 0 heterocycles. The van der Waals surface area contributed by atoms with Gasteiger partial charge in [-0.15, -0.1) is 0 Å². The summed E-state index contributed by atoms with van der Waals surface area (Å²) in [6.45, 7) is 0. The first-order valence-electron chi connectivity index (χ1n) is 4.30. The van der Waals surface area contributed by atoms with Gasteiger partial charge in [-0.3, -0.25) is 9.53 Å². The highest BCUT2D eigenvalue weighted by Gasteiger charge is 2.79. The first-order valence-corrected chi connectivity index (χ1v) is 4.30. The molecule has 1 atom stereocenters. The number of carbonyl (C=O) groups excluding carboxylic acids is 1. The minimum atomic E-state index is -6.96. The van der Waals surface area contributed by atoms with Crippen molar-refractivity contribution in [2.45, 2.75) is 30.2 Å². The summed E-state index contributed by atoms with van der Waals surface area (Å²) in [7, 11) is -0.239. The van der Waals surface area contributed by atoms with Gasteiger partial charge in [-0.1, -0.05) is 0 Å². The Balaban J connectivity index is 5.80. The SMILES string of the molecule is COC(F)(F)C(F)(F)C(F)(F)OC(F)(C(=O)F)C(F)(F)F. The van der Waals surface area contributed by atoms with E-state index in [0.29, 0.717) is 0 Å². The molecule has 0 saturated carbocycles. The van der Waals surface area contributed by atoms with Crippen LogP contribution in [0.4, 0.5) is 48.3 Å². The Labute approximate surface area is 107 Å². The maximum absolute atomic E-state index is 12.8. The lowest BCUT2D eigenvalue weighted by Crippen LogP contribution is -2.62. The highest BCUT2D eigenvalue weighted by Crippen LogP contribution is 2.50. The van der Waals surface area contributed by atoms with E-state index in [1.54, 1.807) is 4.74 Å². The minimum Gasteiger partial charge on any atom is -0.319 e. The fraction of sp³-hybridized carbons (Fsp3) is 0.857. The van der Waals surface area contributed by atoms with Crippen LogP contribution >= 0.6 is 0 Å². The zero-order valence-corrected chi connectivity index (χ0v) is 9.38. The second-order valence-electron chi connectivity index (χ2n) is 3.28. The third-order valence-electron chi connectivity index (χ3n) is 1.87. The molecule has 0 aliphatic rings. The molecule has 0 spiro atoms.